The van der Waals surface area contributed by atoms with Crippen molar-refractivity contribution < 1.29 is 9.84 Å². The Morgan fingerprint density at radius 3 is 2.42 bits per heavy atom. The first-order chi connectivity index (χ1) is 9.13. The second-order valence-corrected chi connectivity index (χ2v) is 4.20. The van der Waals surface area contributed by atoms with Crippen molar-refractivity contribution in [2.75, 3.05) is 6.61 Å². The molecule has 1 rings (SSSR count). The van der Waals surface area contributed by atoms with Gasteiger partial charge in [-0.2, -0.15) is 0 Å². The SMILES string of the molecule is C/C(=C\C=C\OCc1ccc(C)cc1)CO.C=CC. The largest absolute Gasteiger partial charge is 0.497 e. The van der Waals surface area contributed by atoms with Crippen LogP contribution in [-0.4, -0.2) is 11.7 Å². The van der Waals surface area contributed by atoms with Crippen LogP contribution in [0, 0.1) is 6.92 Å². The third kappa shape index (κ3) is 9.86. The summed E-state index contributed by atoms with van der Waals surface area (Å²) in [6, 6.07) is 8.24. The van der Waals surface area contributed by atoms with Gasteiger partial charge in [-0.25, -0.2) is 0 Å². The van der Waals surface area contributed by atoms with Crippen LogP contribution in [-0.2, 0) is 11.3 Å². The van der Waals surface area contributed by atoms with Crippen molar-refractivity contribution in [2.24, 2.45) is 0 Å². The van der Waals surface area contributed by atoms with Gasteiger partial charge in [-0.15, -0.1) is 6.58 Å². The maximum absolute atomic E-state index is 8.75. The Morgan fingerprint density at radius 2 is 1.89 bits per heavy atom. The number of ether oxygens (including phenoxy) is 1. The molecule has 0 aromatic heterocycles. The lowest BCUT2D eigenvalue weighted by Gasteiger charge is -2.01. The molecule has 1 aromatic rings. The normalized spacial score (nSPS) is 10.8. The monoisotopic (exact) mass is 260 g/mol. The second kappa shape index (κ2) is 11.3. The summed E-state index contributed by atoms with van der Waals surface area (Å²) >= 11 is 0. The highest BCUT2D eigenvalue weighted by Gasteiger charge is 1.90. The standard InChI is InChI=1S/C14H18O2.C3H6/c1-12-5-7-14(8-6-12)11-16-9-3-4-13(2)10-15;1-3-2/h3-9,15H,10-11H2,1-2H3;3H,1H2,2H3/b9-3+,13-4+;. The molecule has 0 bridgehead atoms. The Hall–Kier alpha value is -1.80. The molecule has 0 unspecified atom stereocenters. The Morgan fingerprint density at radius 1 is 1.32 bits per heavy atom. The molecular weight excluding hydrogens is 236 g/mol. The molecule has 0 aliphatic rings. The Bertz CT molecular complexity index is 400. The van der Waals surface area contributed by atoms with Crippen molar-refractivity contribution in [1.82, 2.24) is 0 Å². The van der Waals surface area contributed by atoms with Crippen molar-refractivity contribution in [3.05, 3.63) is 72.0 Å². The molecule has 0 saturated carbocycles. The first-order valence-electron chi connectivity index (χ1n) is 6.31. The first-order valence-corrected chi connectivity index (χ1v) is 6.31. The van der Waals surface area contributed by atoms with Gasteiger partial charge in [0.15, 0.2) is 0 Å². The molecule has 19 heavy (non-hydrogen) atoms. The predicted molar refractivity (Wildman–Crippen MR) is 81.8 cm³/mol. The summed E-state index contributed by atoms with van der Waals surface area (Å²) in [6.07, 6.45) is 7.01. The molecule has 2 nitrogen and oxygen atoms in total. The highest BCUT2D eigenvalue weighted by molar-refractivity contribution is 5.20. The maximum Gasteiger partial charge on any atom is 0.112 e. The fourth-order valence-corrected chi connectivity index (χ4v) is 1.14. The number of aliphatic hydroxyl groups excluding tert-OH is 1. The molecule has 0 amide bonds. The summed E-state index contributed by atoms with van der Waals surface area (Å²) in [4.78, 5) is 0. The fraction of sp³-hybridized carbons (Fsp3) is 0.294. The summed E-state index contributed by atoms with van der Waals surface area (Å²) in [5, 5.41) is 8.75. The molecule has 0 fully saturated rings. The number of hydrogen-bond acceptors (Lipinski definition) is 2. The molecule has 1 N–H and O–H groups in total. The number of aliphatic hydroxyl groups is 1. The van der Waals surface area contributed by atoms with E-state index >= 15 is 0 Å². The van der Waals surface area contributed by atoms with Gasteiger partial charge >= 0.3 is 0 Å². The van der Waals surface area contributed by atoms with Crippen LogP contribution in [0.3, 0.4) is 0 Å². The Labute approximate surface area is 116 Å². The summed E-state index contributed by atoms with van der Waals surface area (Å²) in [5.74, 6) is 0. The van der Waals surface area contributed by atoms with Crippen molar-refractivity contribution >= 4 is 0 Å². The van der Waals surface area contributed by atoms with Crippen LogP contribution in [0.4, 0.5) is 0 Å². The molecule has 0 spiro atoms. The minimum Gasteiger partial charge on any atom is -0.497 e. The number of rotatable bonds is 5. The zero-order valence-electron chi connectivity index (χ0n) is 12.1. The van der Waals surface area contributed by atoms with Crippen molar-refractivity contribution in [3.8, 4) is 0 Å². The van der Waals surface area contributed by atoms with E-state index in [2.05, 4.69) is 37.8 Å². The maximum atomic E-state index is 8.75. The van der Waals surface area contributed by atoms with Gasteiger partial charge in [0.2, 0.25) is 0 Å². The highest BCUT2D eigenvalue weighted by atomic mass is 16.5. The lowest BCUT2D eigenvalue weighted by atomic mass is 10.2. The van der Waals surface area contributed by atoms with Crippen LogP contribution in [0.1, 0.15) is 25.0 Å². The summed E-state index contributed by atoms with van der Waals surface area (Å²) in [7, 11) is 0. The van der Waals surface area contributed by atoms with E-state index in [1.165, 1.54) is 5.56 Å². The van der Waals surface area contributed by atoms with Crippen LogP contribution < -0.4 is 0 Å². The average Bonchev–Trinajstić information content (AvgIpc) is 2.41. The molecule has 0 radical (unpaired) electrons. The molecular formula is C17H24O2. The van der Waals surface area contributed by atoms with Crippen LogP contribution in [0.15, 0.2) is 60.9 Å². The molecule has 0 heterocycles. The van der Waals surface area contributed by atoms with Gasteiger partial charge < -0.3 is 9.84 Å². The molecule has 0 aliphatic heterocycles. The average molecular weight is 260 g/mol. The smallest absolute Gasteiger partial charge is 0.112 e. The minimum absolute atomic E-state index is 0.0856. The lowest BCUT2D eigenvalue weighted by Crippen LogP contribution is -1.86. The topological polar surface area (TPSA) is 29.5 Å². The summed E-state index contributed by atoms with van der Waals surface area (Å²) in [6.45, 7) is 9.84. The minimum atomic E-state index is 0.0856. The van der Waals surface area contributed by atoms with Gasteiger partial charge in [-0.1, -0.05) is 42.0 Å². The quantitative estimate of drug-likeness (QED) is 0.489. The van der Waals surface area contributed by atoms with Crippen molar-refractivity contribution in [3.63, 3.8) is 0 Å². The predicted octanol–water partition coefficient (Wildman–Crippen LogP) is 4.16. The van der Waals surface area contributed by atoms with E-state index < -0.39 is 0 Å². The number of aryl methyl sites for hydroxylation is 1. The van der Waals surface area contributed by atoms with Crippen LogP contribution in [0.25, 0.3) is 0 Å². The van der Waals surface area contributed by atoms with E-state index in [-0.39, 0.29) is 6.61 Å². The molecule has 2 heteroatoms. The second-order valence-electron chi connectivity index (χ2n) is 4.20. The third-order valence-electron chi connectivity index (χ3n) is 2.18. The van der Waals surface area contributed by atoms with Crippen LogP contribution in [0.2, 0.25) is 0 Å². The molecule has 0 saturated heterocycles. The molecule has 1 aromatic carbocycles. The van der Waals surface area contributed by atoms with E-state index in [0.29, 0.717) is 6.61 Å². The van der Waals surface area contributed by atoms with Crippen LogP contribution in [0.5, 0.6) is 0 Å². The number of benzene rings is 1. The van der Waals surface area contributed by atoms with Crippen molar-refractivity contribution in [2.45, 2.75) is 27.4 Å². The summed E-state index contributed by atoms with van der Waals surface area (Å²) in [5.41, 5.74) is 3.31. The van der Waals surface area contributed by atoms with Gasteiger partial charge in [0, 0.05) is 0 Å². The fourth-order valence-electron chi connectivity index (χ4n) is 1.14. The van der Waals surface area contributed by atoms with Gasteiger partial charge in [0.05, 0.1) is 12.9 Å². The van der Waals surface area contributed by atoms with E-state index in [1.807, 2.05) is 19.9 Å². The molecule has 0 aliphatic carbocycles. The number of hydrogen-bond donors (Lipinski definition) is 1. The zero-order chi connectivity index (χ0) is 14.5. The van der Waals surface area contributed by atoms with E-state index in [1.54, 1.807) is 18.4 Å². The van der Waals surface area contributed by atoms with Gasteiger partial charge in [-0.3, -0.25) is 0 Å². The van der Waals surface area contributed by atoms with E-state index in [4.69, 9.17) is 9.84 Å². The van der Waals surface area contributed by atoms with Gasteiger partial charge in [-0.05, 0) is 38.0 Å². The molecule has 104 valence electrons. The highest BCUT2D eigenvalue weighted by Crippen LogP contribution is 2.04. The van der Waals surface area contributed by atoms with E-state index in [0.717, 1.165) is 11.1 Å². The number of allylic oxidation sites excluding steroid dienone is 3. The van der Waals surface area contributed by atoms with Gasteiger partial charge in [0.1, 0.15) is 6.61 Å². The summed E-state index contributed by atoms with van der Waals surface area (Å²) < 4.78 is 5.35. The molecule has 0 atom stereocenters. The van der Waals surface area contributed by atoms with Crippen LogP contribution >= 0.6 is 0 Å². The first kappa shape index (κ1) is 17.2. The van der Waals surface area contributed by atoms with Gasteiger partial charge in [0.25, 0.3) is 0 Å². The lowest BCUT2D eigenvalue weighted by molar-refractivity contribution is 0.236. The Kier molecular flexibility index (Phi) is 10.2. The van der Waals surface area contributed by atoms with Crippen molar-refractivity contribution in [1.29, 1.82) is 0 Å². The van der Waals surface area contributed by atoms with E-state index in [9.17, 15) is 0 Å². The Balaban J connectivity index is 0.000000982. The third-order valence-corrected chi connectivity index (χ3v) is 2.18. The zero-order valence-corrected chi connectivity index (χ0v) is 12.1.